The minimum atomic E-state index is -3.45. The first-order valence-electron chi connectivity index (χ1n) is 6.71. The molecule has 1 aromatic heterocycles. The average molecular weight is 320 g/mol. The van der Waals surface area contributed by atoms with Crippen molar-refractivity contribution in [1.29, 1.82) is 0 Å². The molecule has 1 aromatic rings. The third-order valence-electron chi connectivity index (χ3n) is 2.76. The largest absolute Gasteiger partial charge is 0.315 e. The number of hydrogen-bond acceptors (Lipinski definition) is 5. The van der Waals surface area contributed by atoms with Crippen LogP contribution in [0.25, 0.3) is 0 Å². The second-order valence-electron chi connectivity index (χ2n) is 4.71. The summed E-state index contributed by atoms with van der Waals surface area (Å²) in [7, 11) is -3.45. The van der Waals surface area contributed by atoms with Gasteiger partial charge in [0.05, 0.1) is 12.7 Å². The number of sulfonamides is 1. The van der Waals surface area contributed by atoms with Crippen molar-refractivity contribution in [3.63, 3.8) is 0 Å². The molecule has 6 nitrogen and oxygen atoms in total. The van der Waals surface area contributed by atoms with Crippen molar-refractivity contribution in [1.82, 2.24) is 19.8 Å². The van der Waals surface area contributed by atoms with E-state index >= 15 is 0 Å². The summed E-state index contributed by atoms with van der Waals surface area (Å²) in [5.41, 5.74) is 0. The molecule has 0 bridgehead atoms. The minimum Gasteiger partial charge on any atom is -0.315 e. The number of likely N-dealkylation sites (N-methyl/N-ethyl adjacent to an activating group) is 1. The second-order valence-corrected chi connectivity index (χ2v) is 7.38. The Bertz CT molecular complexity index is 487. The Labute approximate surface area is 125 Å². The van der Waals surface area contributed by atoms with Crippen molar-refractivity contribution < 1.29 is 8.42 Å². The third kappa shape index (κ3) is 5.82. The highest BCUT2D eigenvalue weighted by molar-refractivity contribution is 7.98. The molecule has 0 aliphatic heterocycles. The summed E-state index contributed by atoms with van der Waals surface area (Å²) >= 11 is 1.71. The van der Waals surface area contributed by atoms with E-state index in [0.717, 1.165) is 18.8 Å². The van der Waals surface area contributed by atoms with Crippen molar-refractivity contribution in [2.75, 3.05) is 31.6 Å². The summed E-state index contributed by atoms with van der Waals surface area (Å²) in [5, 5.41) is 7.24. The standard InChI is InChI=1S/C12H24N4O2S2/c1-4-13-5-6-16-9-12(8-14-16)20(17,18)15-7-11(2)10-19-3/h8-9,11,13,15H,4-7,10H2,1-3H3. The number of rotatable bonds is 10. The van der Waals surface area contributed by atoms with Crippen molar-refractivity contribution in [3.8, 4) is 0 Å². The molecule has 1 unspecified atom stereocenters. The van der Waals surface area contributed by atoms with E-state index in [1.165, 1.54) is 6.20 Å². The molecule has 8 heteroatoms. The van der Waals surface area contributed by atoms with Gasteiger partial charge in [-0.1, -0.05) is 13.8 Å². The van der Waals surface area contributed by atoms with Crippen LogP contribution in [0.15, 0.2) is 17.3 Å². The maximum absolute atomic E-state index is 12.1. The fraction of sp³-hybridized carbons (Fsp3) is 0.750. The Balaban J connectivity index is 2.54. The summed E-state index contributed by atoms with van der Waals surface area (Å²) < 4.78 is 28.5. The maximum Gasteiger partial charge on any atom is 0.243 e. The van der Waals surface area contributed by atoms with Gasteiger partial charge in [0.2, 0.25) is 10.0 Å². The van der Waals surface area contributed by atoms with Gasteiger partial charge in [0.15, 0.2) is 0 Å². The van der Waals surface area contributed by atoms with E-state index in [-0.39, 0.29) is 4.90 Å². The van der Waals surface area contributed by atoms with E-state index in [1.54, 1.807) is 22.6 Å². The van der Waals surface area contributed by atoms with E-state index in [0.29, 0.717) is 19.0 Å². The third-order valence-corrected chi connectivity index (χ3v) is 5.04. The average Bonchev–Trinajstić information content (AvgIpc) is 2.87. The van der Waals surface area contributed by atoms with Crippen molar-refractivity contribution >= 4 is 21.8 Å². The zero-order valence-electron chi connectivity index (χ0n) is 12.3. The Morgan fingerprint density at radius 1 is 1.50 bits per heavy atom. The Hall–Kier alpha value is -0.570. The summed E-state index contributed by atoms with van der Waals surface area (Å²) in [4.78, 5) is 0.227. The normalized spacial score (nSPS) is 13.6. The van der Waals surface area contributed by atoms with Crippen molar-refractivity contribution in [2.45, 2.75) is 25.3 Å². The van der Waals surface area contributed by atoms with Crippen molar-refractivity contribution in [3.05, 3.63) is 12.4 Å². The SMILES string of the molecule is CCNCCn1cc(S(=O)(=O)NCC(C)CSC)cn1. The van der Waals surface area contributed by atoms with Crippen LogP contribution in [0.3, 0.4) is 0 Å². The van der Waals surface area contributed by atoms with Gasteiger partial charge in [-0.2, -0.15) is 16.9 Å². The van der Waals surface area contributed by atoms with Crippen LogP contribution in [-0.2, 0) is 16.6 Å². The van der Waals surface area contributed by atoms with Crippen LogP contribution in [0, 0.1) is 5.92 Å². The van der Waals surface area contributed by atoms with E-state index in [4.69, 9.17) is 0 Å². The Morgan fingerprint density at radius 3 is 2.90 bits per heavy atom. The fourth-order valence-electron chi connectivity index (χ4n) is 1.65. The topological polar surface area (TPSA) is 76.0 Å². The van der Waals surface area contributed by atoms with Crippen LogP contribution in [0.2, 0.25) is 0 Å². The minimum absolute atomic E-state index is 0.227. The molecule has 1 rings (SSSR count). The van der Waals surface area contributed by atoms with E-state index in [9.17, 15) is 8.42 Å². The number of nitrogens with one attached hydrogen (secondary N) is 2. The number of thioether (sulfide) groups is 1. The lowest BCUT2D eigenvalue weighted by Gasteiger charge is -2.10. The molecule has 20 heavy (non-hydrogen) atoms. The maximum atomic E-state index is 12.1. The van der Waals surface area contributed by atoms with Gasteiger partial charge in [-0.05, 0) is 24.5 Å². The second kappa shape index (κ2) is 8.66. The Morgan fingerprint density at radius 2 is 2.25 bits per heavy atom. The predicted molar refractivity (Wildman–Crippen MR) is 83.5 cm³/mol. The van der Waals surface area contributed by atoms with E-state index < -0.39 is 10.0 Å². The van der Waals surface area contributed by atoms with Gasteiger partial charge in [-0.3, -0.25) is 4.68 Å². The molecule has 0 radical (unpaired) electrons. The van der Waals surface area contributed by atoms with Crippen molar-refractivity contribution in [2.24, 2.45) is 5.92 Å². The molecule has 0 spiro atoms. The van der Waals surface area contributed by atoms with Gasteiger partial charge in [0, 0.05) is 19.3 Å². The highest BCUT2D eigenvalue weighted by Gasteiger charge is 2.17. The zero-order chi connectivity index (χ0) is 15.0. The van der Waals surface area contributed by atoms with Gasteiger partial charge in [0.1, 0.15) is 4.90 Å². The van der Waals surface area contributed by atoms with E-state index in [2.05, 4.69) is 15.1 Å². The molecule has 0 saturated carbocycles. The molecule has 0 aliphatic carbocycles. The molecule has 2 N–H and O–H groups in total. The summed E-state index contributed by atoms with van der Waals surface area (Å²) in [5.74, 6) is 1.24. The van der Waals surface area contributed by atoms with Gasteiger partial charge < -0.3 is 5.32 Å². The Kier molecular flexibility index (Phi) is 7.57. The number of nitrogens with zero attached hydrogens (tertiary/aromatic N) is 2. The molecule has 0 fully saturated rings. The highest BCUT2D eigenvalue weighted by atomic mass is 32.2. The van der Waals surface area contributed by atoms with Crippen LogP contribution in [-0.4, -0.2) is 49.8 Å². The number of aromatic nitrogens is 2. The first-order chi connectivity index (χ1) is 9.49. The molecule has 0 amide bonds. The monoisotopic (exact) mass is 320 g/mol. The molecular weight excluding hydrogens is 296 g/mol. The van der Waals surface area contributed by atoms with Crippen LogP contribution in [0.4, 0.5) is 0 Å². The van der Waals surface area contributed by atoms with Gasteiger partial charge >= 0.3 is 0 Å². The molecular formula is C12H24N4O2S2. The molecule has 1 atom stereocenters. The quantitative estimate of drug-likeness (QED) is 0.623. The highest BCUT2D eigenvalue weighted by Crippen LogP contribution is 2.09. The number of hydrogen-bond donors (Lipinski definition) is 2. The van der Waals surface area contributed by atoms with Crippen LogP contribution in [0.5, 0.6) is 0 Å². The molecule has 0 aliphatic rings. The molecule has 0 aromatic carbocycles. The molecule has 116 valence electrons. The lowest BCUT2D eigenvalue weighted by molar-refractivity contribution is 0.558. The molecule has 0 saturated heterocycles. The molecule has 1 heterocycles. The lowest BCUT2D eigenvalue weighted by atomic mass is 10.2. The zero-order valence-corrected chi connectivity index (χ0v) is 13.9. The van der Waals surface area contributed by atoms with Gasteiger partial charge in [0.25, 0.3) is 0 Å². The predicted octanol–water partition coefficient (Wildman–Crippen LogP) is 0.770. The van der Waals surface area contributed by atoms with E-state index in [1.807, 2.05) is 20.1 Å². The lowest BCUT2D eigenvalue weighted by Crippen LogP contribution is -2.29. The van der Waals surface area contributed by atoms with Crippen LogP contribution in [0.1, 0.15) is 13.8 Å². The summed E-state index contributed by atoms with van der Waals surface area (Å²) in [6.45, 7) is 6.83. The first kappa shape index (κ1) is 17.5. The van der Waals surface area contributed by atoms with Crippen LogP contribution >= 0.6 is 11.8 Å². The first-order valence-corrected chi connectivity index (χ1v) is 9.59. The summed E-state index contributed by atoms with van der Waals surface area (Å²) in [6, 6.07) is 0. The summed E-state index contributed by atoms with van der Waals surface area (Å²) in [6.07, 6.45) is 4.98. The smallest absolute Gasteiger partial charge is 0.243 e. The van der Waals surface area contributed by atoms with Crippen LogP contribution < -0.4 is 10.0 Å². The van der Waals surface area contributed by atoms with Gasteiger partial charge in [-0.15, -0.1) is 0 Å². The van der Waals surface area contributed by atoms with Gasteiger partial charge in [-0.25, -0.2) is 13.1 Å². The fourth-order valence-corrected chi connectivity index (χ4v) is 3.46.